The van der Waals surface area contributed by atoms with Crippen LogP contribution < -0.4 is 10.6 Å². The van der Waals surface area contributed by atoms with Gasteiger partial charge in [-0.25, -0.2) is 0 Å². The Bertz CT molecular complexity index is 228. The summed E-state index contributed by atoms with van der Waals surface area (Å²) in [6, 6.07) is 0. The van der Waals surface area contributed by atoms with Gasteiger partial charge >= 0.3 is 0 Å². The van der Waals surface area contributed by atoms with Gasteiger partial charge in [0.1, 0.15) is 18.8 Å². The molecule has 0 aliphatic carbocycles. The van der Waals surface area contributed by atoms with E-state index in [0.29, 0.717) is 13.5 Å². The zero-order valence-electron chi connectivity index (χ0n) is 8.00. The highest BCUT2D eigenvalue weighted by Crippen LogP contribution is 1.78. The summed E-state index contributed by atoms with van der Waals surface area (Å²) >= 11 is 0. The Morgan fingerprint density at radius 1 is 1.00 bits per heavy atom. The molecule has 2 aliphatic heterocycles. The largest absolute Gasteiger partial charge is 0.479 e. The molecule has 2 aliphatic rings. The van der Waals surface area contributed by atoms with Gasteiger partial charge in [0.15, 0.2) is 13.5 Å². The monoisotopic (exact) mass is 212 g/mol. The van der Waals surface area contributed by atoms with Gasteiger partial charge in [-0.15, -0.1) is 5.10 Å². The fraction of sp³-hybridized carbons (Fsp3) is 0.250. The number of aromatic nitrogens is 2. The second-order valence-corrected chi connectivity index (χ2v) is 2.22. The van der Waals surface area contributed by atoms with Crippen molar-refractivity contribution in [3.8, 4) is 0 Å². The molecule has 1 aromatic heterocycles. The average molecular weight is 212 g/mol. The molecule has 7 nitrogen and oxygen atoms in total. The molecule has 7 heteroatoms. The molecular weight excluding hydrogens is 200 g/mol. The van der Waals surface area contributed by atoms with E-state index in [0.717, 1.165) is 0 Å². The fourth-order valence-corrected chi connectivity index (χ4v) is 0.617. The summed E-state index contributed by atoms with van der Waals surface area (Å²) in [7, 11) is 0. The van der Waals surface area contributed by atoms with Crippen LogP contribution in [0.1, 0.15) is 0 Å². The average Bonchev–Trinajstić information content (AvgIpc) is 3.09. The lowest BCUT2D eigenvalue weighted by Crippen LogP contribution is -1.98. The lowest BCUT2D eigenvalue weighted by Gasteiger charge is -1.82. The smallest absolute Gasteiger partial charge is 0.157 e. The Kier molecular flexibility index (Phi) is 6.12. The molecule has 0 saturated carbocycles. The summed E-state index contributed by atoms with van der Waals surface area (Å²) in [5.74, 6) is 0. The summed E-state index contributed by atoms with van der Waals surface area (Å²) in [6.45, 7) is 1.28. The number of ether oxygens (including phenoxy) is 2. The van der Waals surface area contributed by atoms with Gasteiger partial charge in [-0.3, -0.25) is 0 Å². The van der Waals surface area contributed by atoms with E-state index in [9.17, 15) is 0 Å². The van der Waals surface area contributed by atoms with Gasteiger partial charge in [-0.2, -0.15) is 0 Å². The Morgan fingerprint density at radius 3 is 1.80 bits per heavy atom. The number of hydrogen-bond donors (Lipinski definition) is 2. The predicted molar refractivity (Wildman–Crippen MR) is 50.8 cm³/mol. The molecule has 0 radical (unpaired) electrons. The van der Waals surface area contributed by atoms with E-state index in [1.54, 1.807) is 24.9 Å². The van der Waals surface area contributed by atoms with Crippen LogP contribution in [0.2, 0.25) is 0 Å². The number of nitrogens with zero attached hydrogens (tertiary/aromatic N) is 2. The number of rotatable bonds is 0. The van der Waals surface area contributed by atoms with Crippen LogP contribution in [0.25, 0.3) is 0 Å². The minimum Gasteiger partial charge on any atom is -0.479 e. The van der Waals surface area contributed by atoms with Gasteiger partial charge in [0.25, 0.3) is 0 Å². The van der Waals surface area contributed by atoms with E-state index in [-0.39, 0.29) is 0 Å². The van der Waals surface area contributed by atoms with Crippen LogP contribution in [0.15, 0.2) is 41.9 Å². The molecule has 0 fully saturated rings. The zero-order valence-corrected chi connectivity index (χ0v) is 8.00. The van der Waals surface area contributed by atoms with Crippen LogP contribution in [0.4, 0.5) is 0 Å². The number of nitrogens with one attached hydrogen (secondary N) is 2. The third-order valence-electron chi connectivity index (χ3n) is 1.18. The summed E-state index contributed by atoms with van der Waals surface area (Å²) in [5, 5.41) is 12.0. The first kappa shape index (κ1) is 10.9. The van der Waals surface area contributed by atoms with Crippen molar-refractivity contribution in [2.24, 2.45) is 0 Å². The van der Waals surface area contributed by atoms with Crippen molar-refractivity contribution < 1.29 is 14.0 Å². The molecule has 0 spiro atoms. The molecule has 0 atom stereocenters. The molecule has 0 unspecified atom stereocenters. The molecule has 15 heavy (non-hydrogen) atoms. The Labute approximate surface area is 86.7 Å². The van der Waals surface area contributed by atoms with Crippen molar-refractivity contribution in [1.29, 1.82) is 0 Å². The van der Waals surface area contributed by atoms with Crippen LogP contribution in [-0.2, 0) is 9.47 Å². The minimum atomic E-state index is 0.639. The first-order chi connectivity index (χ1) is 7.50. The van der Waals surface area contributed by atoms with E-state index in [4.69, 9.17) is 0 Å². The topological polar surface area (TPSA) is 81.4 Å². The lowest BCUT2D eigenvalue weighted by atomic mass is 11.0. The van der Waals surface area contributed by atoms with Crippen LogP contribution in [0, 0.1) is 0 Å². The van der Waals surface area contributed by atoms with Crippen molar-refractivity contribution >= 4 is 0 Å². The van der Waals surface area contributed by atoms with E-state index >= 15 is 0 Å². The fourth-order valence-electron chi connectivity index (χ4n) is 0.617. The second kappa shape index (κ2) is 8.42. The maximum absolute atomic E-state index is 4.65. The first-order valence-electron chi connectivity index (χ1n) is 4.21. The SMILES string of the molecule is C1=COCN1.C1=COCN1.c1conn1. The summed E-state index contributed by atoms with van der Waals surface area (Å²) < 4.78 is 13.5. The maximum atomic E-state index is 4.65. The van der Waals surface area contributed by atoms with Crippen molar-refractivity contribution in [3.63, 3.8) is 0 Å². The van der Waals surface area contributed by atoms with Crippen LogP contribution in [0.5, 0.6) is 0 Å². The minimum absolute atomic E-state index is 0.639. The second-order valence-electron chi connectivity index (χ2n) is 2.22. The number of hydrogen-bond acceptors (Lipinski definition) is 7. The van der Waals surface area contributed by atoms with Gasteiger partial charge in [0.05, 0.1) is 6.20 Å². The van der Waals surface area contributed by atoms with Gasteiger partial charge < -0.3 is 24.6 Å². The molecule has 2 N–H and O–H groups in total. The molecule has 0 amide bonds. The van der Waals surface area contributed by atoms with Crippen molar-refractivity contribution in [2.75, 3.05) is 13.5 Å². The van der Waals surface area contributed by atoms with Crippen molar-refractivity contribution in [3.05, 3.63) is 37.4 Å². The van der Waals surface area contributed by atoms with Crippen molar-refractivity contribution in [2.45, 2.75) is 0 Å². The molecule has 3 rings (SSSR count). The lowest BCUT2D eigenvalue weighted by molar-refractivity contribution is 0.267. The van der Waals surface area contributed by atoms with Crippen LogP contribution in [0.3, 0.4) is 0 Å². The van der Waals surface area contributed by atoms with E-state index in [1.165, 1.54) is 12.5 Å². The molecule has 0 aromatic carbocycles. The van der Waals surface area contributed by atoms with Crippen molar-refractivity contribution in [1.82, 2.24) is 21.0 Å². The summed E-state index contributed by atoms with van der Waals surface area (Å²) in [6.07, 6.45) is 9.65. The van der Waals surface area contributed by atoms with Gasteiger partial charge in [-0.05, 0) is 0 Å². The highest BCUT2D eigenvalue weighted by Gasteiger charge is 1.80. The quantitative estimate of drug-likeness (QED) is 0.633. The van der Waals surface area contributed by atoms with Gasteiger partial charge in [-0.1, -0.05) is 0 Å². The van der Waals surface area contributed by atoms with E-state index in [1.807, 2.05) is 0 Å². The van der Waals surface area contributed by atoms with Crippen LogP contribution in [-0.4, -0.2) is 23.8 Å². The van der Waals surface area contributed by atoms with E-state index in [2.05, 4.69) is 35.0 Å². The Balaban J connectivity index is 0.000000112. The molecule has 82 valence electrons. The molecular formula is C8H12N4O3. The Hall–Kier alpha value is -2.18. The van der Waals surface area contributed by atoms with Gasteiger partial charge in [0.2, 0.25) is 0 Å². The van der Waals surface area contributed by atoms with E-state index < -0.39 is 0 Å². The van der Waals surface area contributed by atoms with Gasteiger partial charge in [0, 0.05) is 17.7 Å². The third kappa shape index (κ3) is 6.94. The maximum Gasteiger partial charge on any atom is 0.157 e. The summed E-state index contributed by atoms with van der Waals surface area (Å²) in [4.78, 5) is 0. The molecule has 3 heterocycles. The Morgan fingerprint density at radius 2 is 1.67 bits per heavy atom. The molecule has 0 saturated heterocycles. The highest BCUT2D eigenvalue weighted by molar-refractivity contribution is 4.73. The zero-order chi connectivity index (χ0) is 10.6. The predicted octanol–water partition coefficient (Wildman–Crippen LogP) is 0.139. The normalized spacial score (nSPS) is 14.4. The molecule has 1 aromatic rings. The standard InChI is InChI=1S/2C3H5NO.C2H2N2O/c2*1-2-5-3-4-1;1-2-5-4-3-1/h2*1-2,4H,3H2;1-2H. The molecule has 0 bridgehead atoms. The third-order valence-corrected chi connectivity index (χ3v) is 1.18. The van der Waals surface area contributed by atoms with Crippen LogP contribution >= 0.6 is 0 Å². The summed E-state index contributed by atoms with van der Waals surface area (Å²) in [5.41, 5.74) is 0. The highest BCUT2D eigenvalue weighted by atomic mass is 16.5. The first-order valence-corrected chi connectivity index (χ1v) is 4.21.